The lowest BCUT2D eigenvalue weighted by Crippen LogP contribution is -2.52. The molecule has 1 aromatic heterocycles. The van der Waals surface area contributed by atoms with Crippen molar-refractivity contribution in [1.82, 2.24) is 15.6 Å². The minimum Gasteiger partial charge on any atom is -0.349 e. The Balaban J connectivity index is 1.95. The lowest BCUT2D eigenvalue weighted by atomic mass is 9.77. The molecule has 1 aromatic rings. The third-order valence-electron chi connectivity index (χ3n) is 4.12. The van der Waals surface area contributed by atoms with Crippen molar-refractivity contribution in [2.75, 3.05) is 13.1 Å². The molecule has 0 spiro atoms. The van der Waals surface area contributed by atoms with Gasteiger partial charge in [-0.2, -0.15) is 13.2 Å². The summed E-state index contributed by atoms with van der Waals surface area (Å²) in [6.45, 7) is 5.59. The van der Waals surface area contributed by atoms with Crippen LogP contribution in [-0.4, -0.2) is 30.0 Å². The van der Waals surface area contributed by atoms with Gasteiger partial charge in [0.25, 0.3) is 5.91 Å². The van der Waals surface area contributed by atoms with Crippen LogP contribution in [0.5, 0.6) is 0 Å². The summed E-state index contributed by atoms with van der Waals surface area (Å²) in [6, 6.07) is 2.10. The van der Waals surface area contributed by atoms with E-state index in [1.165, 1.54) is 0 Å². The van der Waals surface area contributed by atoms with Gasteiger partial charge in [-0.3, -0.25) is 9.78 Å². The molecule has 2 rings (SSSR count). The van der Waals surface area contributed by atoms with Crippen molar-refractivity contribution >= 4 is 5.91 Å². The van der Waals surface area contributed by atoms with Crippen LogP contribution in [0.1, 0.15) is 42.7 Å². The molecule has 1 amide bonds. The highest BCUT2D eigenvalue weighted by Gasteiger charge is 2.33. The molecule has 1 aliphatic rings. The second-order valence-electron chi connectivity index (χ2n) is 6.24. The van der Waals surface area contributed by atoms with E-state index in [1.807, 2.05) is 0 Å². The molecule has 1 saturated heterocycles. The Bertz CT molecular complexity index is 526. The number of pyridine rings is 1. The third-order valence-corrected chi connectivity index (χ3v) is 4.12. The summed E-state index contributed by atoms with van der Waals surface area (Å²) in [5.74, 6) is -0.461. The van der Waals surface area contributed by atoms with Crippen molar-refractivity contribution in [2.45, 2.75) is 38.9 Å². The summed E-state index contributed by atoms with van der Waals surface area (Å²) in [5, 5.41) is 6.10. The Labute approximate surface area is 127 Å². The fourth-order valence-electron chi connectivity index (χ4n) is 2.60. The number of carbonyl (C=O) groups excluding carboxylic acids is 1. The van der Waals surface area contributed by atoms with Gasteiger partial charge in [-0.15, -0.1) is 0 Å². The number of hydrogen-bond donors (Lipinski definition) is 2. The van der Waals surface area contributed by atoms with Gasteiger partial charge in [-0.25, -0.2) is 0 Å². The van der Waals surface area contributed by atoms with E-state index in [2.05, 4.69) is 29.5 Å². The van der Waals surface area contributed by atoms with Gasteiger partial charge in [0.05, 0.1) is 5.56 Å². The van der Waals surface area contributed by atoms with E-state index in [0.717, 1.165) is 31.5 Å². The molecule has 2 heterocycles. The molecule has 0 aliphatic carbocycles. The van der Waals surface area contributed by atoms with Crippen LogP contribution < -0.4 is 10.6 Å². The first-order valence-electron chi connectivity index (χ1n) is 7.25. The number of alkyl halides is 3. The van der Waals surface area contributed by atoms with Crippen molar-refractivity contribution in [3.8, 4) is 0 Å². The largest absolute Gasteiger partial charge is 0.417 e. The maximum atomic E-state index is 12.4. The number of nitrogens with zero attached hydrogens (tertiary/aromatic N) is 1. The van der Waals surface area contributed by atoms with Gasteiger partial charge in [0, 0.05) is 18.8 Å². The van der Waals surface area contributed by atoms with Gasteiger partial charge in [-0.1, -0.05) is 13.8 Å². The molecule has 0 radical (unpaired) electrons. The maximum Gasteiger partial charge on any atom is 0.417 e. The van der Waals surface area contributed by atoms with E-state index in [-0.39, 0.29) is 17.2 Å². The highest BCUT2D eigenvalue weighted by molar-refractivity contribution is 5.92. The van der Waals surface area contributed by atoms with Crippen LogP contribution in [-0.2, 0) is 6.18 Å². The number of hydrogen-bond acceptors (Lipinski definition) is 3. The van der Waals surface area contributed by atoms with Gasteiger partial charge < -0.3 is 10.6 Å². The van der Waals surface area contributed by atoms with E-state index < -0.39 is 17.6 Å². The zero-order valence-electron chi connectivity index (χ0n) is 12.6. The Hall–Kier alpha value is -1.63. The quantitative estimate of drug-likeness (QED) is 0.901. The van der Waals surface area contributed by atoms with E-state index in [0.29, 0.717) is 12.7 Å². The van der Waals surface area contributed by atoms with Crippen molar-refractivity contribution in [3.05, 3.63) is 29.6 Å². The summed E-state index contributed by atoms with van der Waals surface area (Å²) < 4.78 is 37.3. The lowest BCUT2D eigenvalue weighted by molar-refractivity contribution is -0.137. The van der Waals surface area contributed by atoms with Crippen molar-refractivity contribution in [2.24, 2.45) is 5.41 Å². The molecule has 1 aliphatic heterocycles. The van der Waals surface area contributed by atoms with Crippen LogP contribution in [0.15, 0.2) is 18.3 Å². The van der Waals surface area contributed by atoms with E-state index in [1.54, 1.807) is 0 Å². The lowest BCUT2D eigenvalue weighted by Gasteiger charge is -2.39. The molecule has 1 fully saturated rings. The van der Waals surface area contributed by atoms with Crippen LogP contribution in [0.4, 0.5) is 13.2 Å². The van der Waals surface area contributed by atoms with Crippen molar-refractivity contribution < 1.29 is 18.0 Å². The second kappa shape index (κ2) is 6.24. The fourth-order valence-corrected chi connectivity index (χ4v) is 2.60. The van der Waals surface area contributed by atoms with Crippen LogP contribution in [0.3, 0.4) is 0 Å². The Kier molecular flexibility index (Phi) is 4.75. The van der Waals surface area contributed by atoms with Crippen molar-refractivity contribution in [3.63, 3.8) is 0 Å². The molecular weight excluding hydrogens is 295 g/mol. The van der Waals surface area contributed by atoms with E-state index in [4.69, 9.17) is 0 Å². The van der Waals surface area contributed by atoms with Gasteiger partial charge in [0.2, 0.25) is 0 Å². The first kappa shape index (κ1) is 16.7. The van der Waals surface area contributed by atoms with E-state index in [9.17, 15) is 18.0 Å². The van der Waals surface area contributed by atoms with Gasteiger partial charge in [0.1, 0.15) is 5.69 Å². The zero-order chi connectivity index (χ0) is 16.4. The number of nitrogens with one attached hydrogen (secondary N) is 2. The molecule has 0 aromatic carbocycles. The van der Waals surface area contributed by atoms with Gasteiger partial charge in [0.15, 0.2) is 0 Å². The minimum absolute atomic E-state index is 0.0124. The van der Waals surface area contributed by atoms with Gasteiger partial charge >= 0.3 is 6.18 Å². The number of amides is 1. The smallest absolute Gasteiger partial charge is 0.349 e. The predicted molar refractivity (Wildman–Crippen MR) is 76.4 cm³/mol. The molecule has 0 bridgehead atoms. The summed E-state index contributed by atoms with van der Waals surface area (Å²) in [5.41, 5.74) is -0.806. The molecule has 1 atom stereocenters. The third kappa shape index (κ3) is 3.97. The molecule has 2 N–H and O–H groups in total. The van der Waals surface area contributed by atoms with E-state index >= 15 is 0 Å². The first-order valence-corrected chi connectivity index (χ1v) is 7.25. The van der Waals surface area contributed by atoms with Crippen LogP contribution >= 0.6 is 0 Å². The molecule has 122 valence electrons. The van der Waals surface area contributed by atoms with Crippen LogP contribution in [0.2, 0.25) is 0 Å². The molecule has 22 heavy (non-hydrogen) atoms. The fraction of sp³-hybridized carbons (Fsp3) is 0.600. The number of piperidine rings is 1. The number of aromatic nitrogens is 1. The Morgan fingerprint density at radius 1 is 1.45 bits per heavy atom. The first-order chi connectivity index (χ1) is 10.2. The highest BCUT2D eigenvalue weighted by atomic mass is 19.4. The zero-order valence-corrected chi connectivity index (χ0v) is 12.6. The number of carbonyl (C=O) groups is 1. The average Bonchev–Trinajstić information content (AvgIpc) is 2.44. The molecule has 7 heteroatoms. The molecule has 1 unspecified atom stereocenters. The normalized spacial score (nSPS) is 21.4. The standard InChI is InChI=1S/C15H20F3N3O/c1-14(2)6-3-7-19-12(14)9-21-13(22)11-5-4-10(8-20-11)15(16,17)18/h4-5,8,12,19H,3,6-7,9H2,1-2H3,(H,21,22). The molecular formula is C15H20F3N3O. The SMILES string of the molecule is CC1(C)CCCNC1CNC(=O)c1ccc(C(F)(F)F)cn1. The molecule has 0 saturated carbocycles. The summed E-state index contributed by atoms with van der Waals surface area (Å²) in [6.07, 6.45) is -1.60. The maximum absolute atomic E-state index is 12.4. The van der Waals surface area contributed by atoms with Crippen LogP contribution in [0.25, 0.3) is 0 Å². The minimum atomic E-state index is -4.45. The molecule has 4 nitrogen and oxygen atoms in total. The summed E-state index contributed by atoms with van der Waals surface area (Å²) >= 11 is 0. The summed E-state index contributed by atoms with van der Waals surface area (Å²) in [7, 11) is 0. The Morgan fingerprint density at radius 2 is 2.18 bits per heavy atom. The summed E-state index contributed by atoms with van der Waals surface area (Å²) in [4.78, 5) is 15.6. The second-order valence-corrected chi connectivity index (χ2v) is 6.24. The van der Waals surface area contributed by atoms with Gasteiger partial charge in [-0.05, 0) is 36.9 Å². The average molecular weight is 315 g/mol. The van der Waals surface area contributed by atoms with Crippen molar-refractivity contribution in [1.29, 1.82) is 0 Å². The number of halogens is 3. The topological polar surface area (TPSA) is 54.0 Å². The van der Waals surface area contributed by atoms with Crippen LogP contribution in [0, 0.1) is 5.41 Å². The Morgan fingerprint density at radius 3 is 2.73 bits per heavy atom. The monoisotopic (exact) mass is 315 g/mol. The predicted octanol–water partition coefficient (Wildman–Crippen LogP) is 2.61. The highest BCUT2D eigenvalue weighted by Crippen LogP contribution is 2.30. The number of rotatable bonds is 3.